The summed E-state index contributed by atoms with van der Waals surface area (Å²) in [6.45, 7) is 8.65. The van der Waals surface area contributed by atoms with E-state index in [1.165, 1.54) is 0 Å². The van der Waals surface area contributed by atoms with Crippen molar-refractivity contribution in [2.75, 3.05) is 19.8 Å². The van der Waals surface area contributed by atoms with Crippen LogP contribution >= 0.6 is 15.6 Å². The summed E-state index contributed by atoms with van der Waals surface area (Å²) in [5.74, 6) is 0. The Morgan fingerprint density at radius 2 is 1.22 bits per heavy atom. The number of phosphoric ester groups is 2. The summed E-state index contributed by atoms with van der Waals surface area (Å²) in [5.41, 5.74) is -0.923. The summed E-state index contributed by atoms with van der Waals surface area (Å²) in [7, 11) is -8.86. The zero-order valence-electron chi connectivity index (χ0n) is 16.8. The van der Waals surface area contributed by atoms with Crippen molar-refractivity contribution in [1.29, 1.82) is 0 Å². The van der Waals surface area contributed by atoms with E-state index in [1.807, 2.05) is 13.8 Å². The highest BCUT2D eigenvalue weighted by molar-refractivity contribution is 7.46. The van der Waals surface area contributed by atoms with Gasteiger partial charge in [0.05, 0.1) is 12.2 Å². The SMILES string of the molecule is CC(C)(CCCCOCCCCC(C)(C)OP(=O)(O)O)CCOP(=O)(O)O. The average Bonchev–Trinajstić information content (AvgIpc) is 2.41. The molecule has 0 aliphatic carbocycles. The minimum absolute atomic E-state index is 0.0376. The molecule has 0 aromatic rings. The number of rotatable bonds is 16. The third kappa shape index (κ3) is 19.3. The molecule has 0 unspecified atom stereocenters. The Morgan fingerprint density at radius 3 is 1.70 bits per heavy atom. The molecule has 11 heteroatoms. The number of ether oxygens (including phenoxy) is 1. The summed E-state index contributed by atoms with van der Waals surface area (Å²) in [4.78, 5) is 35.0. The van der Waals surface area contributed by atoms with Gasteiger partial charge in [-0.1, -0.05) is 20.3 Å². The standard InChI is InChI=1S/C16H36O9P2/c1-15(2,11-14-24-26(17,18)19)9-5-7-12-23-13-8-6-10-16(3,4)25-27(20,21)22/h5-14H2,1-4H3,(H2,17,18,19)(H2,20,21,22). The van der Waals surface area contributed by atoms with Crippen LogP contribution in [0.1, 0.15) is 72.6 Å². The molecule has 0 atom stereocenters. The highest BCUT2D eigenvalue weighted by Crippen LogP contribution is 2.42. The van der Waals surface area contributed by atoms with Crippen molar-refractivity contribution >= 4 is 15.6 Å². The van der Waals surface area contributed by atoms with Gasteiger partial charge in [-0.2, -0.15) is 0 Å². The summed E-state index contributed by atoms with van der Waals surface area (Å²) >= 11 is 0. The fourth-order valence-corrected chi connectivity index (χ4v) is 3.66. The smallest absolute Gasteiger partial charge is 0.381 e. The van der Waals surface area contributed by atoms with Gasteiger partial charge in [0.15, 0.2) is 0 Å². The molecule has 164 valence electrons. The maximum Gasteiger partial charge on any atom is 0.470 e. The quantitative estimate of drug-likeness (QED) is 0.211. The molecular formula is C16H36O9P2. The first kappa shape index (κ1) is 27.2. The summed E-state index contributed by atoms with van der Waals surface area (Å²) in [6.07, 6.45) is 5.41. The lowest BCUT2D eigenvalue weighted by Crippen LogP contribution is -2.22. The van der Waals surface area contributed by atoms with Crippen LogP contribution in [0, 0.1) is 5.41 Å². The maximum atomic E-state index is 10.9. The predicted molar refractivity (Wildman–Crippen MR) is 102 cm³/mol. The van der Waals surface area contributed by atoms with Gasteiger partial charge in [0.25, 0.3) is 0 Å². The van der Waals surface area contributed by atoms with Crippen molar-refractivity contribution in [2.45, 2.75) is 78.2 Å². The Balaban J connectivity index is 3.66. The Labute approximate surface area is 162 Å². The highest BCUT2D eigenvalue weighted by atomic mass is 31.2. The molecule has 0 saturated carbocycles. The van der Waals surface area contributed by atoms with Crippen molar-refractivity contribution in [3.05, 3.63) is 0 Å². The fourth-order valence-electron chi connectivity index (χ4n) is 2.60. The van der Waals surface area contributed by atoms with E-state index in [0.717, 1.165) is 32.1 Å². The molecule has 0 rings (SSSR count). The molecule has 0 aromatic carbocycles. The van der Waals surface area contributed by atoms with E-state index in [1.54, 1.807) is 13.8 Å². The van der Waals surface area contributed by atoms with Gasteiger partial charge in [0, 0.05) is 13.2 Å². The first-order valence-electron chi connectivity index (χ1n) is 9.16. The molecule has 0 radical (unpaired) electrons. The lowest BCUT2D eigenvalue weighted by atomic mass is 9.84. The minimum atomic E-state index is -4.47. The van der Waals surface area contributed by atoms with E-state index < -0.39 is 21.2 Å². The second-order valence-corrected chi connectivity index (χ2v) is 10.5. The predicted octanol–water partition coefficient (Wildman–Crippen LogP) is 3.76. The van der Waals surface area contributed by atoms with Crippen LogP contribution in [-0.2, 0) is 22.9 Å². The van der Waals surface area contributed by atoms with E-state index in [9.17, 15) is 9.13 Å². The van der Waals surface area contributed by atoms with Crippen LogP contribution in [0.5, 0.6) is 0 Å². The topological polar surface area (TPSA) is 143 Å². The van der Waals surface area contributed by atoms with E-state index in [-0.39, 0.29) is 12.0 Å². The molecule has 0 aliphatic heterocycles. The molecule has 0 amide bonds. The Morgan fingerprint density at radius 1 is 0.704 bits per heavy atom. The van der Waals surface area contributed by atoms with Crippen LogP contribution in [-0.4, -0.2) is 45.0 Å². The first-order chi connectivity index (χ1) is 12.1. The van der Waals surface area contributed by atoms with Crippen molar-refractivity contribution in [3.63, 3.8) is 0 Å². The van der Waals surface area contributed by atoms with E-state index >= 15 is 0 Å². The van der Waals surface area contributed by atoms with Crippen molar-refractivity contribution in [1.82, 2.24) is 0 Å². The van der Waals surface area contributed by atoms with Crippen molar-refractivity contribution < 1.29 is 42.5 Å². The molecule has 27 heavy (non-hydrogen) atoms. The van der Waals surface area contributed by atoms with Crippen LogP contribution in [0.4, 0.5) is 0 Å². The van der Waals surface area contributed by atoms with Gasteiger partial charge in [0.2, 0.25) is 0 Å². The Kier molecular flexibility index (Phi) is 12.1. The highest BCUT2D eigenvalue weighted by Gasteiger charge is 2.28. The maximum absolute atomic E-state index is 10.9. The van der Waals surface area contributed by atoms with Gasteiger partial charge < -0.3 is 24.3 Å². The molecule has 0 bridgehead atoms. The third-order valence-electron chi connectivity index (χ3n) is 4.11. The van der Waals surface area contributed by atoms with E-state index in [2.05, 4.69) is 4.52 Å². The molecule has 9 nitrogen and oxygen atoms in total. The van der Waals surface area contributed by atoms with E-state index in [4.69, 9.17) is 28.8 Å². The largest absolute Gasteiger partial charge is 0.470 e. The van der Waals surface area contributed by atoms with Crippen LogP contribution in [0.25, 0.3) is 0 Å². The van der Waals surface area contributed by atoms with Crippen LogP contribution in [0.15, 0.2) is 0 Å². The molecular weight excluding hydrogens is 398 g/mol. The third-order valence-corrected chi connectivity index (χ3v) is 5.37. The lowest BCUT2D eigenvalue weighted by Gasteiger charge is -2.25. The molecule has 0 heterocycles. The average molecular weight is 434 g/mol. The van der Waals surface area contributed by atoms with Gasteiger partial charge in [-0.05, 0) is 57.8 Å². The molecule has 4 N–H and O–H groups in total. The second kappa shape index (κ2) is 12.0. The van der Waals surface area contributed by atoms with Gasteiger partial charge in [-0.3, -0.25) is 9.05 Å². The van der Waals surface area contributed by atoms with Crippen molar-refractivity contribution in [3.8, 4) is 0 Å². The first-order valence-corrected chi connectivity index (χ1v) is 12.2. The second-order valence-electron chi connectivity index (χ2n) is 8.11. The van der Waals surface area contributed by atoms with Crippen LogP contribution < -0.4 is 0 Å². The van der Waals surface area contributed by atoms with Gasteiger partial charge in [-0.25, -0.2) is 9.13 Å². The lowest BCUT2D eigenvalue weighted by molar-refractivity contribution is 0.0522. The van der Waals surface area contributed by atoms with Gasteiger partial charge >= 0.3 is 15.6 Å². The molecule has 0 fully saturated rings. The Hall–Kier alpha value is 0.180. The van der Waals surface area contributed by atoms with Crippen LogP contribution in [0.2, 0.25) is 0 Å². The molecule has 0 spiro atoms. The molecule has 0 saturated heterocycles. The van der Waals surface area contributed by atoms with E-state index in [0.29, 0.717) is 26.1 Å². The summed E-state index contributed by atoms with van der Waals surface area (Å²) in [5, 5.41) is 0. The van der Waals surface area contributed by atoms with Crippen molar-refractivity contribution in [2.24, 2.45) is 5.41 Å². The molecule has 0 aromatic heterocycles. The summed E-state index contributed by atoms with van der Waals surface area (Å²) in [6, 6.07) is 0. The normalized spacial score (nSPS) is 13.9. The number of hydrogen-bond acceptors (Lipinski definition) is 5. The summed E-state index contributed by atoms with van der Waals surface area (Å²) < 4.78 is 36.3. The number of unbranched alkanes of at least 4 members (excludes halogenated alkanes) is 2. The van der Waals surface area contributed by atoms with Gasteiger partial charge in [-0.15, -0.1) is 0 Å². The number of phosphoric acid groups is 2. The minimum Gasteiger partial charge on any atom is -0.381 e. The monoisotopic (exact) mass is 434 g/mol. The number of hydrogen-bond donors (Lipinski definition) is 4. The zero-order chi connectivity index (χ0) is 21.2. The fraction of sp³-hybridized carbons (Fsp3) is 1.00. The van der Waals surface area contributed by atoms with Gasteiger partial charge in [0.1, 0.15) is 0 Å². The Bertz CT molecular complexity index is 496. The zero-order valence-corrected chi connectivity index (χ0v) is 18.6. The molecule has 0 aliphatic rings. The van der Waals surface area contributed by atoms with Crippen LogP contribution in [0.3, 0.4) is 0 Å².